The summed E-state index contributed by atoms with van der Waals surface area (Å²) < 4.78 is 12.8. The van der Waals surface area contributed by atoms with E-state index in [0.29, 0.717) is 0 Å². The minimum atomic E-state index is 0.0604. The van der Waals surface area contributed by atoms with Gasteiger partial charge in [-0.15, -0.1) is 11.3 Å². The van der Waals surface area contributed by atoms with Crippen LogP contribution >= 0.6 is 59.1 Å². The number of hydrogen-bond acceptors (Lipinski definition) is 3. The number of methoxy groups -OCH3 is 2. The molecule has 1 heterocycles. The van der Waals surface area contributed by atoms with Crippen LogP contribution in [0, 0.1) is 0 Å². The Morgan fingerprint density at radius 1 is 1.05 bits per heavy atom. The fraction of sp³-hybridized carbons (Fsp3) is 0.231. The summed E-state index contributed by atoms with van der Waals surface area (Å²) in [6.07, 6.45) is 0. The molecule has 1 aromatic heterocycles. The minimum absolute atomic E-state index is 0.0604. The first kappa shape index (κ1) is 15.4. The molecule has 2 aromatic rings. The smallest absolute Gasteiger partial charge is 0.127 e. The summed E-state index contributed by atoms with van der Waals surface area (Å²) in [6, 6.07) is 7.92. The molecule has 0 aliphatic rings. The van der Waals surface area contributed by atoms with Crippen molar-refractivity contribution in [1.29, 1.82) is 0 Å². The summed E-state index contributed by atoms with van der Waals surface area (Å²) in [5, 5.41) is 0. The quantitative estimate of drug-likeness (QED) is 0.528. The molecule has 1 aromatic carbocycles. The Bertz CT molecular complexity index is 583. The molecule has 0 aliphatic carbocycles. The lowest BCUT2D eigenvalue weighted by molar-refractivity contribution is 0.391. The molecular formula is C13H11Br3O2S. The van der Waals surface area contributed by atoms with E-state index in [4.69, 9.17) is 9.47 Å². The number of benzene rings is 1. The van der Waals surface area contributed by atoms with E-state index in [1.54, 1.807) is 25.6 Å². The van der Waals surface area contributed by atoms with Crippen molar-refractivity contribution in [2.75, 3.05) is 14.2 Å². The van der Waals surface area contributed by atoms with E-state index in [2.05, 4.69) is 53.9 Å². The van der Waals surface area contributed by atoms with Gasteiger partial charge in [0.15, 0.2) is 0 Å². The molecular weight excluding hydrogens is 460 g/mol. The van der Waals surface area contributed by atoms with Crippen molar-refractivity contribution in [1.82, 2.24) is 0 Å². The molecule has 2 nitrogen and oxygen atoms in total. The lowest BCUT2D eigenvalue weighted by Crippen LogP contribution is -1.97. The lowest BCUT2D eigenvalue weighted by atomic mass is 10.1. The molecule has 1 atom stereocenters. The van der Waals surface area contributed by atoms with E-state index < -0.39 is 0 Å². The van der Waals surface area contributed by atoms with Crippen LogP contribution in [-0.2, 0) is 0 Å². The highest BCUT2D eigenvalue weighted by Gasteiger charge is 2.20. The van der Waals surface area contributed by atoms with Gasteiger partial charge < -0.3 is 9.47 Å². The van der Waals surface area contributed by atoms with Gasteiger partial charge in [0.05, 0.1) is 26.6 Å². The monoisotopic (exact) mass is 468 g/mol. The minimum Gasteiger partial charge on any atom is -0.497 e. The third-order valence-electron chi connectivity index (χ3n) is 2.67. The van der Waals surface area contributed by atoms with Crippen molar-refractivity contribution in [2.24, 2.45) is 0 Å². The molecule has 0 saturated carbocycles. The predicted molar refractivity (Wildman–Crippen MR) is 90.0 cm³/mol. The predicted octanol–water partition coefficient (Wildman–Crippen LogP) is 5.77. The van der Waals surface area contributed by atoms with E-state index in [1.165, 1.54) is 5.56 Å². The fourth-order valence-electron chi connectivity index (χ4n) is 1.72. The standard InChI is InChI=1S/C13H11Br3O2S/c1-17-7-3-4-8(10(5-7)18-2)12(15)9-6-11(14)19-13(9)16/h3-6,12H,1-2H3. The molecule has 0 fully saturated rings. The first-order chi connectivity index (χ1) is 9.06. The topological polar surface area (TPSA) is 18.5 Å². The van der Waals surface area contributed by atoms with Gasteiger partial charge >= 0.3 is 0 Å². The maximum absolute atomic E-state index is 5.44. The summed E-state index contributed by atoms with van der Waals surface area (Å²) in [7, 11) is 3.31. The van der Waals surface area contributed by atoms with Crippen LogP contribution < -0.4 is 9.47 Å². The summed E-state index contributed by atoms with van der Waals surface area (Å²) >= 11 is 12.5. The zero-order valence-electron chi connectivity index (χ0n) is 10.2. The molecule has 0 N–H and O–H groups in total. The molecule has 0 spiro atoms. The van der Waals surface area contributed by atoms with Gasteiger partial charge in [0.1, 0.15) is 11.5 Å². The average Bonchev–Trinajstić information content (AvgIpc) is 2.76. The van der Waals surface area contributed by atoms with E-state index in [9.17, 15) is 0 Å². The molecule has 19 heavy (non-hydrogen) atoms. The third-order valence-corrected chi connectivity index (χ3v) is 6.04. The van der Waals surface area contributed by atoms with Crippen LogP contribution in [0.1, 0.15) is 16.0 Å². The van der Waals surface area contributed by atoms with Crippen LogP contribution in [0.5, 0.6) is 11.5 Å². The second-order valence-electron chi connectivity index (χ2n) is 3.75. The van der Waals surface area contributed by atoms with Crippen molar-refractivity contribution < 1.29 is 9.47 Å². The van der Waals surface area contributed by atoms with E-state index in [-0.39, 0.29) is 4.83 Å². The third kappa shape index (κ3) is 3.35. The van der Waals surface area contributed by atoms with Crippen LogP contribution in [-0.4, -0.2) is 14.2 Å². The van der Waals surface area contributed by atoms with Gasteiger partial charge in [-0.05, 0) is 49.6 Å². The molecule has 6 heteroatoms. The van der Waals surface area contributed by atoms with Gasteiger partial charge in [0.2, 0.25) is 0 Å². The summed E-state index contributed by atoms with van der Waals surface area (Å²) in [6.45, 7) is 0. The molecule has 0 aliphatic heterocycles. The number of alkyl halides is 1. The van der Waals surface area contributed by atoms with Crippen LogP contribution in [0.25, 0.3) is 0 Å². The zero-order chi connectivity index (χ0) is 14.0. The van der Waals surface area contributed by atoms with Crippen LogP contribution in [0.4, 0.5) is 0 Å². The van der Waals surface area contributed by atoms with E-state index in [1.807, 2.05) is 18.2 Å². The first-order valence-corrected chi connectivity index (χ1v) is 8.69. The van der Waals surface area contributed by atoms with Gasteiger partial charge in [-0.3, -0.25) is 0 Å². The molecule has 0 bridgehead atoms. The number of hydrogen-bond donors (Lipinski definition) is 0. The van der Waals surface area contributed by atoms with Crippen LogP contribution in [0.2, 0.25) is 0 Å². The Labute approximate surface area is 141 Å². The Hall–Kier alpha value is -0.0400. The van der Waals surface area contributed by atoms with Gasteiger partial charge in [-0.2, -0.15) is 0 Å². The normalized spacial score (nSPS) is 12.3. The van der Waals surface area contributed by atoms with E-state index >= 15 is 0 Å². The van der Waals surface area contributed by atoms with Crippen molar-refractivity contribution in [3.05, 3.63) is 43.0 Å². The van der Waals surface area contributed by atoms with Gasteiger partial charge in [-0.25, -0.2) is 0 Å². The maximum Gasteiger partial charge on any atom is 0.127 e. The SMILES string of the molecule is COc1ccc(C(Br)c2cc(Br)sc2Br)c(OC)c1. The van der Waals surface area contributed by atoms with Crippen LogP contribution in [0.15, 0.2) is 31.8 Å². The Kier molecular flexibility index (Phi) is 5.34. The summed E-state index contributed by atoms with van der Waals surface area (Å²) in [4.78, 5) is 0.0604. The highest BCUT2D eigenvalue weighted by atomic mass is 79.9. The van der Waals surface area contributed by atoms with Crippen molar-refractivity contribution in [3.63, 3.8) is 0 Å². The van der Waals surface area contributed by atoms with Crippen LogP contribution in [0.3, 0.4) is 0 Å². The number of thiophene rings is 1. The number of rotatable bonds is 4. The van der Waals surface area contributed by atoms with Gasteiger partial charge in [0.25, 0.3) is 0 Å². The van der Waals surface area contributed by atoms with Crippen molar-refractivity contribution >= 4 is 59.1 Å². The Morgan fingerprint density at radius 3 is 2.32 bits per heavy atom. The largest absolute Gasteiger partial charge is 0.497 e. The second-order valence-corrected chi connectivity index (χ2v) is 8.42. The Morgan fingerprint density at radius 2 is 1.79 bits per heavy atom. The Balaban J connectivity index is 2.43. The second kappa shape index (κ2) is 6.61. The number of halogens is 3. The molecule has 1 unspecified atom stereocenters. The zero-order valence-corrected chi connectivity index (χ0v) is 15.8. The lowest BCUT2D eigenvalue weighted by Gasteiger charge is -2.15. The highest BCUT2D eigenvalue weighted by Crippen LogP contribution is 2.44. The average molecular weight is 471 g/mol. The fourth-order valence-corrected chi connectivity index (χ4v) is 5.82. The summed E-state index contributed by atoms with van der Waals surface area (Å²) in [5.74, 6) is 1.58. The molecule has 0 saturated heterocycles. The maximum atomic E-state index is 5.44. The molecule has 2 rings (SSSR count). The number of ether oxygens (including phenoxy) is 2. The molecule has 0 radical (unpaired) electrons. The van der Waals surface area contributed by atoms with Gasteiger partial charge in [-0.1, -0.05) is 22.0 Å². The highest BCUT2D eigenvalue weighted by molar-refractivity contribution is 9.12. The molecule has 0 amide bonds. The van der Waals surface area contributed by atoms with Crippen molar-refractivity contribution in [2.45, 2.75) is 4.83 Å². The van der Waals surface area contributed by atoms with E-state index in [0.717, 1.165) is 24.6 Å². The summed E-state index contributed by atoms with van der Waals surface area (Å²) in [5.41, 5.74) is 2.23. The molecule has 102 valence electrons. The first-order valence-electron chi connectivity index (χ1n) is 5.37. The van der Waals surface area contributed by atoms with Crippen molar-refractivity contribution in [3.8, 4) is 11.5 Å². The van der Waals surface area contributed by atoms with Gasteiger partial charge in [0, 0.05) is 11.6 Å².